The molecule has 0 aromatic heterocycles. The molecule has 1 aliphatic heterocycles. The van der Waals surface area contributed by atoms with E-state index < -0.39 is 0 Å². The number of halogens is 1. The van der Waals surface area contributed by atoms with Crippen LogP contribution in [-0.2, 0) is 6.61 Å². The first-order valence-electron chi connectivity index (χ1n) is 6.53. The Morgan fingerprint density at radius 1 is 1.33 bits per heavy atom. The number of hydrogen-bond donors (Lipinski definition) is 1. The highest BCUT2D eigenvalue weighted by molar-refractivity contribution is 9.10. The van der Waals surface area contributed by atoms with Gasteiger partial charge in [0.05, 0.1) is 6.61 Å². The second-order valence-corrected chi connectivity index (χ2v) is 5.82. The third-order valence-corrected chi connectivity index (χ3v) is 4.07. The highest BCUT2D eigenvalue weighted by Gasteiger charge is 2.13. The molecule has 1 aromatic carbocycles. The molecule has 18 heavy (non-hydrogen) atoms. The van der Waals surface area contributed by atoms with Gasteiger partial charge in [-0.2, -0.15) is 0 Å². The lowest BCUT2D eigenvalue weighted by Crippen LogP contribution is -2.31. The minimum Gasteiger partial charge on any atom is -0.392 e. The molecule has 1 aromatic rings. The lowest BCUT2D eigenvalue weighted by Gasteiger charge is -2.25. The van der Waals surface area contributed by atoms with Gasteiger partial charge in [0.15, 0.2) is 0 Å². The lowest BCUT2D eigenvalue weighted by molar-refractivity contribution is 0.282. The Bertz CT molecular complexity index is 391. The topological polar surface area (TPSA) is 26.7 Å². The van der Waals surface area contributed by atoms with Crippen molar-refractivity contribution < 1.29 is 5.11 Å². The molecule has 1 N–H and O–H groups in total. The van der Waals surface area contributed by atoms with Gasteiger partial charge in [-0.25, -0.2) is 0 Å². The van der Waals surface area contributed by atoms with Crippen LogP contribution in [0.5, 0.6) is 0 Å². The van der Waals surface area contributed by atoms with E-state index in [4.69, 9.17) is 0 Å². The zero-order valence-electron chi connectivity index (χ0n) is 10.9. The molecule has 1 saturated heterocycles. The lowest BCUT2D eigenvalue weighted by atomic mass is 10.1. The van der Waals surface area contributed by atoms with Crippen molar-refractivity contribution >= 4 is 21.6 Å². The predicted molar refractivity (Wildman–Crippen MR) is 79.0 cm³/mol. The monoisotopic (exact) mass is 312 g/mol. The van der Waals surface area contributed by atoms with E-state index >= 15 is 0 Å². The molecule has 0 spiro atoms. The average molecular weight is 313 g/mol. The van der Waals surface area contributed by atoms with Gasteiger partial charge in [-0.1, -0.05) is 22.0 Å². The number of aliphatic hydroxyl groups excluding tert-OH is 1. The van der Waals surface area contributed by atoms with Crippen LogP contribution in [0.2, 0.25) is 0 Å². The maximum atomic E-state index is 9.39. The third kappa shape index (κ3) is 3.46. The molecule has 0 amide bonds. The molecule has 3 nitrogen and oxygen atoms in total. The maximum Gasteiger partial charge on any atom is 0.0702 e. The molecule has 1 aliphatic rings. The van der Waals surface area contributed by atoms with Crippen LogP contribution in [0.4, 0.5) is 5.69 Å². The van der Waals surface area contributed by atoms with E-state index in [2.05, 4.69) is 38.8 Å². The second kappa shape index (κ2) is 6.55. The molecule has 0 aliphatic carbocycles. The fraction of sp³-hybridized carbons (Fsp3) is 0.571. The number of hydrogen-bond acceptors (Lipinski definition) is 3. The van der Waals surface area contributed by atoms with E-state index in [1.54, 1.807) is 0 Å². The normalized spacial score (nSPS) is 16.2. The van der Waals surface area contributed by atoms with Gasteiger partial charge in [0.2, 0.25) is 0 Å². The molecule has 0 radical (unpaired) electrons. The summed E-state index contributed by atoms with van der Waals surface area (Å²) in [4.78, 5) is 4.74. The molecule has 0 saturated carbocycles. The van der Waals surface area contributed by atoms with Crippen molar-refractivity contribution in [3.8, 4) is 0 Å². The van der Waals surface area contributed by atoms with E-state index in [0.29, 0.717) is 0 Å². The minimum absolute atomic E-state index is 0.0939. The van der Waals surface area contributed by atoms with Gasteiger partial charge in [-0.05, 0) is 38.1 Å². The summed E-state index contributed by atoms with van der Waals surface area (Å²) in [5, 5.41) is 9.39. The number of likely N-dealkylation sites (tertiary alicyclic amines) is 1. The smallest absolute Gasteiger partial charge is 0.0702 e. The highest BCUT2D eigenvalue weighted by Crippen LogP contribution is 2.24. The summed E-state index contributed by atoms with van der Waals surface area (Å²) in [6.45, 7) is 4.67. The molecule has 1 fully saturated rings. The Morgan fingerprint density at radius 2 is 2.06 bits per heavy atom. The number of benzene rings is 1. The number of likely N-dealkylation sites (N-methyl/N-ethyl adjacent to an activating group) is 1. The Labute approximate surface area is 118 Å². The molecular weight excluding hydrogens is 292 g/mol. The summed E-state index contributed by atoms with van der Waals surface area (Å²) in [5.41, 5.74) is 2.10. The zero-order chi connectivity index (χ0) is 13.0. The van der Waals surface area contributed by atoms with Gasteiger partial charge in [-0.3, -0.25) is 0 Å². The van der Waals surface area contributed by atoms with Crippen molar-refractivity contribution in [1.82, 2.24) is 4.90 Å². The molecule has 0 atom stereocenters. The van der Waals surface area contributed by atoms with Crippen LogP contribution in [0.15, 0.2) is 22.7 Å². The largest absolute Gasteiger partial charge is 0.392 e. The summed E-state index contributed by atoms with van der Waals surface area (Å²) in [7, 11) is 2.09. The van der Waals surface area contributed by atoms with Gasteiger partial charge in [0.25, 0.3) is 0 Å². The quantitative estimate of drug-likeness (QED) is 0.905. The van der Waals surface area contributed by atoms with Gasteiger partial charge in [-0.15, -0.1) is 0 Å². The first-order chi connectivity index (χ1) is 8.70. The van der Waals surface area contributed by atoms with E-state index in [1.807, 2.05) is 12.1 Å². The number of anilines is 1. The molecule has 100 valence electrons. The van der Waals surface area contributed by atoms with Crippen LogP contribution in [0.1, 0.15) is 18.4 Å². The Balaban J connectivity index is 1.98. The van der Waals surface area contributed by atoms with E-state index in [-0.39, 0.29) is 6.61 Å². The Kier molecular flexibility index (Phi) is 5.03. The minimum atomic E-state index is 0.0939. The summed E-state index contributed by atoms with van der Waals surface area (Å²) >= 11 is 3.49. The van der Waals surface area contributed by atoms with E-state index in [9.17, 15) is 5.11 Å². The van der Waals surface area contributed by atoms with Crippen molar-refractivity contribution in [2.24, 2.45) is 0 Å². The standard InChI is InChI=1S/C14H21BrN2O/c1-16(8-9-17-6-2-3-7-17)14-10-13(15)5-4-12(14)11-18/h4-5,10,18H,2-3,6-9,11H2,1H3. The van der Waals surface area contributed by atoms with Gasteiger partial charge < -0.3 is 14.9 Å². The number of rotatable bonds is 5. The maximum absolute atomic E-state index is 9.39. The van der Waals surface area contributed by atoms with Crippen molar-refractivity contribution in [2.75, 3.05) is 38.1 Å². The van der Waals surface area contributed by atoms with Crippen LogP contribution in [0.25, 0.3) is 0 Å². The molecule has 0 unspecified atom stereocenters. The molecule has 2 rings (SSSR count). The van der Waals surface area contributed by atoms with Gasteiger partial charge in [0, 0.05) is 35.9 Å². The van der Waals surface area contributed by atoms with Crippen LogP contribution in [0, 0.1) is 0 Å². The van der Waals surface area contributed by atoms with Crippen LogP contribution < -0.4 is 4.90 Å². The zero-order valence-corrected chi connectivity index (χ0v) is 12.5. The van der Waals surface area contributed by atoms with Crippen LogP contribution >= 0.6 is 15.9 Å². The van der Waals surface area contributed by atoms with Crippen molar-refractivity contribution in [3.05, 3.63) is 28.2 Å². The first kappa shape index (κ1) is 13.8. The van der Waals surface area contributed by atoms with Crippen molar-refractivity contribution in [3.63, 3.8) is 0 Å². The Hall–Kier alpha value is -0.580. The molecular formula is C14H21BrN2O. The summed E-state index contributed by atoms with van der Waals surface area (Å²) < 4.78 is 1.06. The first-order valence-corrected chi connectivity index (χ1v) is 7.33. The van der Waals surface area contributed by atoms with E-state index in [1.165, 1.54) is 25.9 Å². The van der Waals surface area contributed by atoms with Crippen LogP contribution in [0.3, 0.4) is 0 Å². The van der Waals surface area contributed by atoms with Gasteiger partial charge in [0.1, 0.15) is 0 Å². The second-order valence-electron chi connectivity index (χ2n) is 4.90. The highest BCUT2D eigenvalue weighted by atomic mass is 79.9. The summed E-state index contributed by atoms with van der Waals surface area (Å²) in [5.74, 6) is 0. The van der Waals surface area contributed by atoms with E-state index in [0.717, 1.165) is 28.8 Å². The molecule has 1 heterocycles. The average Bonchev–Trinajstić information content (AvgIpc) is 2.89. The Morgan fingerprint density at radius 3 is 2.72 bits per heavy atom. The SMILES string of the molecule is CN(CCN1CCCC1)c1cc(Br)ccc1CO. The summed E-state index contributed by atoms with van der Waals surface area (Å²) in [6.07, 6.45) is 2.67. The van der Waals surface area contributed by atoms with Crippen molar-refractivity contribution in [2.45, 2.75) is 19.4 Å². The summed E-state index contributed by atoms with van der Waals surface area (Å²) in [6, 6.07) is 6.03. The number of aliphatic hydroxyl groups is 1. The van der Waals surface area contributed by atoms with Crippen molar-refractivity contribution in [1.29, 1.82) is 0 Å². The molecule has 0 bridgehead atoms. The van der Waals surface area contributed by atoms with Gasteiger partial charge >= 0.3 is 0 Å². The predicted octanol–water partition coefficient (Wildman–Crippen LogP) is 2.47. The fourth-order valence-corrected chi connectivity index (χ4v) is 2.79. The van der Waals surface area contributed by atoms with Crippen LogP contribution in [-0.4, -0.2) is 43.2 Å². The number of nitrogens with zero attached hydrogens (tertiary/aromatic N) is 2. The molecule has 4 heteroatoms. The third-order valence-electron chi connectivity index (χ3n) is 3.58. The fourth-order valence-electron chi connectivity index (χ4n) is 2.44.